The molecule has 9 heteroatoms. The monoisotopic (exact) mass is 330 g/mol. The number of hydrogen-bond acceptors (Lipinski definition) is 5. The van der Waals surface area contributed by atoms with Crippen LogP contribution >= 0.6 is 0 Å². The maximum Gasteiger partial charge on any atom is 0.258 e. The van der Waals surface area contributed by atoms with Crippen LogP contribution in [0.1, 0.15) is 19.5 Å². The Balaban J connectivity index is 2.13. The minimum absolute atomic E-state index is 0.00879. The minimum Gasteiger partial charge on any atom is -0.363 e. The summed E-state index contributed by atoms with van der Waals surface area (Å²) in [6, 6.07) is 1.77. The number of morpholine rings is 1. The molecule has 2 heterocycles. The molecule has 0 radical (unpaired) electrons. The summed E-state index contributed by atoms with van der Waals surface area (Å²) in [4.78, 5) is 12.5. The molecule has 0 unspecified atom stereocenters. The van der Waals surface area contributed by atoms with E-state index in [1.807, 2.05) is 13.8 Å². The number of aryl methyl sites for hydroxylation is 2. The fourth-order valence-corrected chi connectivity index (χ4v) is 3.28. The average molecular weight is 330 g/mol. The van der Waals surface area contributed by atoms with Crippen LogP contribution in [0.4, 0.5) is 5.82 Å². The Morgan fingerprint density at radius 1 is 1.55 bits per heavy atom. The number of nitrogens with zero attached hydrogens (tertiary/aromatic N) is 3. The number of hydrogen-bond donors (Lipinski definition) is 1. The van der Waals surface area contributed by atoms with E-state index < -0.39 is 21.5 Å². The Morgan fingerprint density at radius 2 is 2.23 bits per heavy atom. The molecule has 0 saturated carbocycles. The van der Waals surface area contributed by atoms with Crippen LogP contribution in [0, 0.1) is 6.92 Å². The first-order chi connectivity index (χ1) is 10.2. The highest BCUT2D eigenvalue weighted by atomic mass is 32.2. The lowest BCUT2D eigenvalue weighted by molar-refractivity contribution is -0.146. The van der Waals surface area contributed by atoms with Crippen LogP contribution in [0.2, 0.25) is 0 Å². The van der Waals surface area contributed by atoms with E-state index in [0.29, 0.717) is 12.4 Å². The van der Waals surface area contributed by atoms with Crippen LogP contribution in [0.3, 0.4) is 0 Å². The topological polar surface area (TPSA) is 93.5 Å². The van der Waals surface area contributed by atoms with Crippen molar-refractivity contribution >= 4 is 21.7 Å². The number of rotatable bonds is 4. The molecule has 1 amide bonds. The molecule has 0 bridgehead atoms. The minimum atomic E-state index is -3.36. The lowest BCUT2D eigenvalue weighted by atomic mass is 10.0. The van der Waals surface area contributed by atoms with Gasteiger partial charge in [-0.25, -0.2) is 8.42 Å². The van der Waals surface area contributed by atoms with Crippen LogP contribution in [-0.2, 0) is 26.1 Å². The van der Waals surface area contributed by atoms with E-state index in [1.54, 1.807) is 17.7 Å². The Hall–Kier alpha value is -1.45. The van der Waals surface area contributed by atoms with Gasteiger partial charge in [0.1, 0.15) is 0 Å². The highest BCUT2D eigenvalue weighted by Crippen LogP contribution is 2.22. The van der Waals surface area contributed by atoms with Crippen molar-refractivity contribution in [1.82, 2.24) is 14.1 Å². The SMILES string of the molecule is CCn1nc(NC(=O)[C@@]2(C)CN(S(C)(=O)=O)CCO2)cc1C. The van der Waals surface area contributed by atoms with Crippen LogP contribution in [-0.4, -0.2) is 60.0 Å². The molecule has 1 aromatic rings. The maximum absolute atomic E-state index is 12.5. The van der Waals surface area contributed by atoms with Crippen molar-refractivity contribution in [2.75, 3.05) is 31.3 Å². The predicted octanol–water partition coefficient (Wildman–Crippen LogP) is 0.200. The zero-order valence-corrected chi connectivity index (χ0v) is 14.1. The third-order valence-electron chi connectivity index (χ3n) is 3.71. The van der Waals surface area contributed by atoms with Gasteiger partial charge in [0.2, 0.25) is 10.0 Å². The van der Waals surface area contributed by atoms with Gasteiger partial charge in [-0.1, -0.05) is 0 Å². The molecule has 1 aliphatic rings. The molecule has 0 spiro atoms. The van der Waals surface area contributed by atoms with Gasteiger partial charge >= 0.3 is 0 Å². The molecule has 0 aliphatic carbocycles. The van der Waals surface area contributed by atoms with Gasteiger partial charge in [-0.3, -0.25) is 9.48 Å². The Kier molecular flexibility index (Phi) is 4.59. The van der Waals surface area contributed by atoms with Crippen molar-refractivity contribution in [3.8, 4) is 0 Å². The largest absolute Gasteiger partial charge is 0.363 e. The summed E-state index contributed by atoms with van der Waals surface area (Å²) in [5.74, 6) is 0.0345. The van der Waals surface area contributed by atoms with E-state index in [1.165, 1.54) is 4.31 Å². The molecule has 124 valence electrons. The standard InChI is InChI=1S/C13H22N4O4S/c1-5-17-10(2)8-11(15-17)14-12(18)13(3)9-16(6-7-21-13)22(4,19)20/h8H,5-7,9H2,1-4H3,(H,14,15,18)/t13-/m1/s1. The summed E-state index contributed by atoms with van der Waals surface area (Å²) in [5, 5.41) is 6.96. The molecule has 1 aliphatic heterocycles. The number of anilines is 1. The molecule has 1 fully saturated rings. The lowest BCUT2D eigenvalue weighted by Gasteiger charge is -2.37. The van der Waals surface area contributed by atoms with Gasteiger partial charge in [-0.15, -0.1) is 0 Å². The number of nitrogens with one attached hydrogen (secondary N) is 1. The average Bonchev–Trinajstić information content (AvgIpc) is 2.77. The van der Waals surface area contributed by atoms with E-state index in [4.69, 9.17) is 4.74 Å². The van der Waals surface area contributed by atoms with Crippen molar-refractivity contribution in [2.24, 2.45) is 0 Å². The van der Waals surface area contributed by atoms with Gasteiger partial charge in [0.25, 0.3) is 5.91 Å². The highest BCUT2D eigenvalue weighted by Gasteiger charge is 2.42. The van der Waals surface area contributed by atoms with Crippen LogP contribution in [0.5, 0.6) is 0 Å². The predicted molar refractivity (Wildman–Crippen MR) is 82.0 cm³/mol. The van der Waals surface area contributed by atoms with Gasteiger partial charge in [-0.05, 0) is 20.8 Å². The van der Waals surface area contributed by atoms with Gasteiger partial charge in [0.05, 0.1) is 19.4 Å². The number of carbonyl (C=O) groups excluding carboxylic acids is 1. The van der Waals surface area contributed by atoms with Crippen LogP contribution in [0.15, 0.2) is 6.07 Å². The second kappa shape index (κ2) is 5.98. The van der Waals surface area contributed by atoms with E-state index in [0.717, 1.165) is 11.9 Å². The summed E-state index contributed by atoms with van der Waals surface area (Å²) in [7, 11) is -3.36. The molecule has 8 nitrogen and oxygen atoms in total. The summed E-state index contributed by atoms with van der Waals surface area (Å²) in [6.45, 7) is 6.58. The lowest BCUT2D eigenvalue weighted by Crippen LogP contribution is -2.57. The third-order valence-corrected chi connectivity index (χ3v) is 4.96. The number of sulfonamides is 1. The van der Waals surface area contributed by atoms with E-state index >= 15 is 0 Å². The molecular weight excluding hydrogens is 308 g/mol. The molecule has 1 aromatic heterocycles. The molecule has 1 N–H and O–H groups in total. The molecule has 1 saturated heterocycles. The van der Waals surface area contributed by atoms with Crippen molar-refractivity contribution in [2.45, 2.75) is 32.9 Å². The van der Waals surface area contributed by atoms with Crippen molar-refractivity contribution in [3.63, 3.8) is 0 Å². The van der Waals surface area contributed by atoms with Crippen LogP contribution < -0.4 is 5.32 Å². The summed E-state index contributed by atoms with van der Waals surface area (Å²) in [5.41, 5.74) is -0.295. The molecule has 0 aromatic carbocycles. The van der Waals surface area contributed by atoms with E-state index in [9.17, 15) is 13.2 Å². The van der Waals surface area contributed by atoms with Gasteiger partial charge < -0.3 is 10.1 Å². The number of aromatic nitrogens is 2. The van der Waals surface area contributed by atoms with E-state index in [-0.39, 0.29) is 19.7 Å². The molecular formula is C13H22N4O4S. The normalized spacial score (nSPS) is 23.5. The fraction of sp³-hybridized carbons (Fsp3) is 0.692. The highest BCUT2D eigenvalue weighted by molar-refractivity contribution is 7.88. The number of carbonyl (C=O) groups is 1. The summed E-state index contributed by atoms with van der Waals surface area (Å²) < 4.78 is 31.9. The second-order valence-corrected chi connectivity index (χ2v) is 7.60. The Morgan fingerprint density at radius 3 is 2.77 bits per heavy atom. The third kappa shape index (κ3) is 3.47. The van der Waals surface area contributed by atoms with Crippen LogP contribution in [0.25, 0.3) is 0 Å². The van der Waals surface area contributed by atoms with Gasteiger partial charge in [0.15, 0.2) is 11.4 Å². The number of amides is 1. The number of ether oxygens (including phenoxy) is 1. The zero-order chi connectivity index (χ0) is 16.5. The first-order valence-electron chi connectivity index (χ1n) is 7.10. The molecule has 1 atom stereocenters. The van der Waals surface area contributed by atoms with Gasteiger partial charge in [0, 0.05) is 24.8 Å². The first-order valence-corrected chi connectivity index (χ1v) is 8.95. The molecule has 2 rings (SSSR count). The smallest absolute Gasteiger partial charge is 0.258 e. The maximum atomic E-state index is 12.5. The van der Waals surface area contributed by atoms with Crippen molar-refractivity contribution in [1.29, 1.82) is 0 Å². The Bertz CT molecular complexity index is 670. The van der Waals surface area contributed by atoms with Crippen molar-refractivity contribution in [3.05, 3.63) is 11.8 Å². The summed E-state index contributed by atoms with van der Waals surface area (Å²) >= 11 is 0. The Labute approximate surface area is 130 Å². The quantitative estimate of drug-likeness (QED) is 0.851. The van der Waals surface area contributed by atoms with Gasteiger partial charge in [-0.2, -0.15) is 9.40 Å². The zero-order valence-electron chi connectivity index (χ0n) is 13.3. The molecule has 22 heavy (non-hydrogen) atoms. The van der Waals surface area contributed by atoms with E-state index in [2.05, 4.69) is 10.4 Å². The van der Waals surface area contributed by atoms with Crippen molar-refractivity contribution < 1.29 is 17.9 Å². The second-order valence-electron chi connectivity index (χ2n) is 5.62. The summed E-state index contributed by atoms with van der Waals surface area (Å²) in [6.07, 6.45) is 1.13. The fourth-order valence-electron chi connectivity index (χ4n) is 2.39. The first kappa shape index (κ1) is 16.9.